The molecule has 5 nitrogen and oxygen atoms in total. The van der Waals surface area contributed by atoms with Gasteiger partial charge in [0.15, 0.2) is 0 Å². The molecule has 2 saturated carbocycles. The lowest BCUT2D eigenvalue weighted by Gasteiger charge is -2.32. The summed E-state index contributed by atoms with van der Waals surface area (Å²) in [6.45, 7) is 3.64. The predicted molar refractivity (Wildman–Crippen MR) is 83.2 cm³/mol. The number of hydrogen-bond acceptors (Lipinski definition) is 3. The van der Waals surface area contributed by atoms with Crippen LogP contribution in [-0.2, 0) is 9.59 Å². The number of nitrogens with one attached hydrogen (secondary N) is 1. The van der Waals surface area contributed by atoms with E-state index in [2.05, 4.69) is 10.2 Å². The SMILES string of the molecule is O=C(N[C@@H]1CCN(C2CC2)C1)[C@@H]1CCCN(C(=O)C2CC2)C1. The number of hydrogen-bond donors (Lipinski definition) is 1. The Hall–Kier alpha value is -1.10. The lowest BCUT2D eigenvalue weighted by molar-refractivity contribution is -0.137. The maximum Gasteiger partial charge on any atom is 0.225 e. The van der Waals surface area contributed by atoms with E-state index in [1.54, 1.807) is 0 Å². The minimum absolute atomic E-state index is 0.00595. The zero-order valence-corrected chi connectivity index (χ0v) is 13.3. The van der Waals surface area contributed by atoms with Gasteiger partial charge in [-0.1, -0.05) is 0 Å². The Bertz CT molecular complexity index is 459. The molecule has 2 aliphatic heterocycles. The maximum atomic E-state index is 12.5. The highest BCUT2D eigenvalue weighted by molar-refractivity contribution is 5.83. The standard InChI is InChI=1S/C17H27N3O2/c21-16(18-14-7-9-19(11-14)15-5-6-15)13-2-1-8-20(10-13)17(22)12-3-4-12/h12-15H,1-11H2,(H,18,21)/t13-,14-/m1/s1. The quantitative estimate of drug-likeness (QED) is 0.843. The van der Waals surface area contributed by atoms with Gasteiger partial charge in [-0.15, -0.1) is 0 Å². The molecule has 5 heteroatoms. The topological polar surface area (TPSA) is 52.7 Å². The van der Waals surface area contributed by atoms with Gasteiger partial charge in [0.1, 0.15) is 0 Å². The first kappa shape index (κ1) is 14.5. The molecule has 0 aromatic heterocycles. The summed E-state index contributed by atoms with van der Waals surface area (Å²) in [5.41, 5.74) is 0. The highest BCUT2D eigenvalue weighted by Crippen LogP contribution is 2.33. The Balaban J connectivity index is 1.27. The molecule has 2 atom stereocenters. The van der Waals surface area contributed by atoms with Crippen LogP contribution in [0.2, 0.25) is 0 Å². The van der Waals surface area contributed by atoms with Crippen LogP contribution >= 0.6 is 0 Å². The average Bonchev–Trinajstić information content (AvgIpc) is 3.45. The zero-order chi connectivity index (χ0) is 15.1. The summed E-state index contributed by atoms with van der Waals surface area (Å²) in [7, 11) is 0. The Kier molecular flexibility index (Phi) is 3.84. The highest BCUT2D eigenvalue weighted by atomic mass is 16.2. The summed E-state index contributed by atoms with van der Waals surface area (Å²) in [6, 6.07) is 1.12. The van der Waals surface area contributed by atoms with Gasteiger partial charge in [0.05, 0.1) is 5.92 Å². The van der Waals surface area contributed by atoms with E-state index >= 15 is 0 Å². The van der Waals surface area contributed by atoms with Gasteiger partial charge in [-0.2, -0.15) is 0 Å². The second-order valence-corrected chi connectivity index (χ2v) is 7.62. The number of amides is 2. The van der Waals surface area contributed by atoms with Crippen molar-refractivity contribution in [2.75, 3.05) is 26.2 Å². The van der Waals surface area contributed by atoms with Crippen LogP contribution in [0.3, 0.4) is 0 Å². The Labute approximate surface area is 132 Å². The normalized spacial score (nSPS) is 33.0. The molecule has 4 aliphatic rings. The summed E-state index contributed by atoms with van der Waals surface area (Å²) in [5.74, 6) is 0.740. The molecule has 122 valence electrons. The van der Waals surface area contributed by atoms with Crippen molar-refractivity contribution in [3.8, 4) is 0 Å². The van der Waals surface area contributed by atoms with Crippen LogP contribution in [0.4, 0.5) is 0 Å². The third-order valence-electron chi connectivity index (χ3n) is 5.66. The molecule has 0 aromatic rings. The van der Waals surface area contributed by atoms with Crippen molar-refractivity contribution in [3.63, 3.8) is 0 Å². The average molecular weight is 305 g/mol. The summed E-state index contributed by atoms with van der Waals surface area (Å²) in [6.07, 6.45) is 7.74. The van der Waals surface area contributed by atoms with Crippen LogP contribution in [0.25, 0.3) is 0 Å². The largest absolute Gasteiger partial charge is 0.352 e. The van der Waals surface area contributed by atoms with Crippen LogP contribution in [0.5, 0.6) is 0 Å². The van der Waals surface area contributed by atoms with Gasteiger partial charge in [0.25, 0.3) is 0 Å². The lowest BCUT2D eigenvalue weighted by atomic mass is 9.96. The molecule has 0 radical (unpaired) electrons. The fraction of sp³-hybridized carbons (Fsp3) is 0.882. The van der Waals surface area contributed by atoms with E-state index in [0.717, 1.165) is 57.8 Å². The molecule has 2 aliphatic carbocycles. The van der Waals surface area contributed by atoms with Gasteiger partial charge in [-0.25, -0.2) is 0 Å². The van der Waals surface area contributed by atoms with Crippen LogP contribution in [0, 0.1) is 11.8 Å². The van der Waals surface area contributed by atoms with E-state index in [1.165, 1.54) is 12.8 Å². The Morgan fingerprint density at radius 1 is 0.864 bits per heavy atom. The predicted octanol–water partition coefficient (Wildman–Crippen LogP) is 0.988. The smallest absolute Gasteiger partial charge is 0.225 e. The minimum Gasteiger partial charge on any atom is -0.352 e. The molecule has 0 aromatic carbocycles. The van der Waals surface area contributed by atoms with Crippen molar-refractivity contribution in [1.82, 2.24) is 15.1 Å². The van der Waals surface area contributed by atoms with E-state index in [0.29, 0.717) is 18.5 Å². The number of nitrogens with zero attached hydrogens (tertiary/aromatic N) is 2. The van der Waals surface area contributed by atoms with Crippen LogP contribution in [-0.4, -0.2) is 59.9 Å². The third kappa shape index (κ3) is 3.14. The first-order chi connectivity index (χ1) is 10.7. The van der Waals surface area contributed by atoms with Gasteiger partial charge in [0.2, 0.25) is 11.8 Å². The molecule has 1 N–H and O–H groups in total. The second-order valence-electron chi connectivity index (χ2n) is 7.62. The van der Waals surface area contributed by atoms with Crippen molar-refractivity contribution < 1.29 is 9.59 Å². The van der Waals surface area contributed by atoms with Crippen LogP contribution in [0.1, 0.15) is 44.9 Å². The fourth-order valence-electron chi connectivity index (χ4n) is 3.98. The van der Waals surface area contributed by atoms with Crippen molar-refractivity contribution in [3.05, 3.63) is 0 Å². The molecule has 2 saturated heterocycles. The summed E-state index contributed by atoms with van der Waals surface area (Å²) < 4.78 is 0. The Morgan fingerprint density at radius 3 is 2.41 bits per heavy atom. The second kappa shape index (κ2) is 5.84. The zero-order valence-electron chi connectivity index (χ0n) is 13.3. The third-order valence-corrected chi connectivity index (χ3v) is 5.66. The maximum absolute atomic E-state index is 12.5. The fourth-order valence-corrected chi connectivity index (χ4v) is 3.98. The number of carbonyl (C=O) groups is 2. The number of likely N-dealkylation sites (tertiary alicyclic amines) is 2. The first-order valence-corrected chi connectivity index (χ1v) is 9.04. The molecule has 2 amide bonds. The number of rotatable bonds is 4. The minimum atomic E-state index is 0.00595. The van der Waals surface area contributed by atoms with Crippen molar-refractivity contribution in [2.45, 2.75) is 57.0 Å². The lowest BCUT2D eigenvalue weighted by Crippen LogP contribution is -2.48. The van der Waals surface area contributed by atoms with Crippen LogP contribution in [0.15, 0.2) is 0 Å². The van der Waals surface area contributed by atoms with Gasteiger partial charge >= 0.3 is 0 Å². The summed E-state index contributed by atoms with van der Waals surface area (Å²) >= 11 is 0. The van der Waals surface area contributed by atoms with Gasteiger partial charge in [-0.3, -0.25) is 14.5 Å². The first-order valence-electron chi connectivity index (χ1n) is 9.04. The van der Waals surface area contributed by atoms with Gasteiger partial charge in [-0.05, 0) is 44.9 Å². The van der Waals surface area contributed by atoms with Crippen LogP contribution < -0.4 is 5.32 Å². The molecule has 22 heavy (non-hydrogen) atoms. The molecular formula is C17H27N3O2. The Morgan fingerprint density at radius 2 is 1.68 bits per heavy atom. The van der Waals surface area contributed by atoms with Gasteiger partial charge < -0.3 is 10.2 Å². The van der Waals surface area contributed by atoms with Crippen molar-refractivity contribution >= 4 is 11.8 Å². The van der Waals surface area contributed by atoms with E-state index in [1.807, 2.05) is 4.90 Å². The van der Waals surface area contributed by atoms with E-state index in [-0.39, 0.29) is 17.7 Å². The van der Waals surface area contributed by atoms with E-state index < -0.39 is 0 Å². The highest BCUT2D eigenvalue weighted by Gasteiger charge is 2.38. The van der Waals surface area contributed by atoms with Crippen molar-refractivity contribution in [2.24, 2.45) is 11.8 Å². The number of carbonyl (C=O) groups excluding carboxylic acids is 2. The molecular weight excluding hydrogens is 278 g/mol. The molecule has 0 bridgehead atoms. The van der Waals surface area contributed by atoms with E-state index in [4.69, 9.17) is 0 Å². The molecule has 0 unspecified atom stereocenters. The van der Waals surface area contributed by atoms with Crippen molar-refractivity contribution in [1.29, 1.82) is 0 Å². The van der Waals surface area contributed by atoms with E-state index in [9.17, 15) is 9.59 Å². The monoisotopic (exact) mass is 305 g/mol. The summed E-state index contributed by atoms with van der Waals surface area (Å²) in [4.78, 5) is 29.2. The molecule has 0 spiro atoms. The summed E-state index contributed by atoms with van der Waals surface area (Å²) in [5, 5.41) is 3.25. The molecule has 4 rings (SSSR count). The molecule has 2 heterocycles. The molecule has 4 fully saturated rings. The van der Waals surface area contributed by atoms with Gasteiger partial charge in [0, 0.05) is 44.2 Å². The number of piperidine rings is 1.